The zero-order valence-electron chi connectivity index (χ0n) is 20.2. The molecule has 184 valence electrons. The first-order chi connectivity index (χ1) is 17.0. The van der Waals surface area contributed by atoms with Crippen LogP contribution in [0.5, 0.6) is 0 Å². The first-order valence-corrected chi connectivity index (χ1v) is 12.6. The van der Waals surface area contributed by atoms with Gasteiger partial charge in [0.1, 0.15) is 0 Å². The second kappa shape index (κ2) is 10.0. The summed E-state index contributed by atoms with van der Waals surface area (Å²) in [4.78, 5) is 45.3. The van der Waals surface area contributed by atoms with Crippen molar-refractivity contribution >= 4 is 29.4 Å². The Bertz CT molecular complexity index is 1060. The van der Waals surface area contributed by atoms with Crippen LogP contribution in [-0.4, -0.2) is 83.0 Å². The van der Waals surface area contributed by atoms with Gasteiger partial charge in [-0.1, -0.05) is 12.1 Å². The molecule has 0 saturated carbocycles. The molecule has 5 rings (SSSR count). The number of piperidine rings is 1. The highest BCUT2D eigenvalue weighted by atomic mass is 16.2. The van der Waals surface area contributed by atoms with E-state index in [4.69, 9.17) is 0 Å². The number of anilines is 2. The number of nitrogens with zero attached hydrogens (tertiary/aromatic N) is 6. The van der Waals surface area contributed by atoms with Gasteiger partial charge < -0.3 is 14.7 Å². The third kappa shape index (κ3) is 4.72. The molecule has 0 radical (unpaired) electrons. The number of fused-ring (bicyclic) bond motifs is 1. The maximum Gasteiger partial charge on any atom is 0.261 e. The minimum absolute atomic E-state index is 0.0572. The van der Waals surface area contributed by atoms with Gasteiger partial charge in [0.05, 0.1) is 11.1 Å². The zero-order valence-corrected chi connectivity index (χ0v) is 20.2. The summed E-state index contributed by atoms with van der Waals surface area (Å²) in [5, 5.41) is 8.95. The van der Waals surface area contributed by atoms with E-state index in [2.05, 4.69) is 33.0 Å². The van der Waals surface area contributed by atoms with Crippen LogP contribution < -0.4 is 9.80 Å². The molecule has 9 nitrogen and oxygen atoms in total. The van der Waals surface area contributed by atoms with Crippen molar-refractivity contribution in [2.75, 3.05) is 49.1 Å². The lowest BCUT2D eigenvalue weighted by Gasteiger charge is -2.36. The molecule has 1 aromatic heterocycles. The Morgan fingerprint density at radius 1 is 0.886 bits per heavy atom. The van der Waals surface area contributed by atoms with Gasteiger partial charge in [-0.05, 0) is 56.9 Å². The molecule has 2 fully saturated rings. The van der Waals surface area contributed by atoms with Crippen LogP contribution in [0.15, 0.2) is 36.4 Å². The van der Waals surface area contributed by atoms with E-state index in [0.717, 1.165) is 18.2 Å². The molecular weight excluding hydrogens is 444 g/mol. The van der Waals surface area contributed by atoms with Crippen LogP contribution in [0, 0.1) is 0 Å². The quantitative estimate of drug-likeness (QED) is 0.592. The van der Waals surface area contributed by atoms with Crippen molar-refractivity contribution in [2.45, 2.75) is 45.1 Å². The second-order valence-electron chi connectivity index (χ2n) is 9.57. The average Bonchev–Trinajstić information content (AvgIpc) is 3.14. The van der Waals surface area contributed by atoms with Crippen molar-refractivity contribution in [2.24, 2.45) is 0 Å². The van der Waals surface area contributed by atoms with E-state index in [1.807, 2.05) is 11.0 Å². The molecule has 0 N–H and O–H groups in total. The summed E-state index contributed by atoms with van der Waals surface area (Å²) >= 11 is 0. The molecule has 4 heterocycles. The van der Waals surface area contributed by atoms with Gasteiger partial charge in [-0.25, -0.2) is 0 Å². The fourth-order valence-corrected chi connectivity index (χ4v) is 5.25. The molecule has 3 aliphatic heterocycles. The summed E-state index contributed by atoms with van der Waals surface area (Å²) in [7, 11) is 0. The Hall–Kier alpha value is -3.49. The fraction of sp³-hybridized carbons (Fsp3) is 0.500. The lowest BCUT2D eigenvalue weighted by atomic mass is 10.0. The first kappa shape index (κ1) is 23.3. The fourth-order valence-electron chi connectivity index (χ4n) is 5.25. The van der Waals surface area contributed by atoms with Crippen molar-refractivity contribution in [3.05, 3.63) is 47.5 Å². The van der Waals surface area contributed by atoms with Crippen LogP contribution in [0.1, 0.15) is 59.7 Å². The molecule has 2 saturated heterocycles. The summed E-state index contributed by atoms with van der Waals surface area (Å²) in [5.41, 5.74) is 0.892. The van der Waals surface area contributed by atoms with E-state index in [1.165, 1.54) is 24.2 Å². The number of benzene rings is 1. The van der Waals surface area contributed by atoms with Crippen molar-refractivity contribution in [1.29, 1.82) is 0 Å². The number of rotatable bonds is 6. The van der Waals surface area contributed by atoms with Gasteiger partial charge in [-0.2, -0.15) is 0 Å². The molecule has 3 aliphatic rings. The molecule has 0 spiro atoms. The molecule has 0 bridgehead atoms. The molecule has 35 heavy (non-hydrogen) atoms. The van der Waals surface area contributed by atoms with E-state index in [0.29, 0.717) is 56.2 Å². The molecule has 1 unspecified atom stereocenters. The number of hydrogen-bond acceptors (Lipinski definition) is 7. The van der Waals surface area contributed by atoms with E-state index in [-0.39, 0.29) is 24.3 Å². The van der Waals surface area contributed by atoms with Gasteiger partial charge in [0.2, 0.25) is 5.91 Å². The van der Waals surface area contributed by atoms with Crippen LogP contribution in [0.3, 0.4) is 0 Å². The summed E-state index contributed by atoms with van der Waals surface area (Å²) in [6.07, 6.45) is 4.44. The predicted molar refractivity (Wildman–Crippen MR) is 133 cm³/mol. The molecular formula is C26H32N6O3. The smallest absolute Gasteiger partial charge is 0.261 e. The number of amides is 3. The highest BCUT2D eigenvalue weighted by Crippen LogP contribution is 2.25. The van der Waals surface area contributed by atoms with Gasteiger partial charge in [0.25, 0.3) is 11.8 Å². The van der Waals surface area contributed by atoms with Crippen LogP contribution in [-0.2, 0) is 4.79 Å². The maximum atomic E-state index is 12.7. The molecule has 3 amide bonds. The number of carbonyl (C=O) groups excluding carboxylic acids is 3. The SMILES string of the molecule is CC1CCCCN1c1ccc(N2CCN(C(=O)CCCN3C(=O)c4ccccc4C3=O)CC2)nn1. The maximum absolute atomic E-state index is 12.7. The number of aromatic nitrogens is 2. The summed E-state index contributed by atoms with van der Waals surface area (Å²) in [5.74, 6) is 1.30. The zero-order chi connectivity index (χ0) is 24.4. The lowest BCUT2D eigenvalue weighted by Crippen LogP contribution is -2.49. The topological polar surface area (TPSA) is 90.0 Å². The number of piperazine rings is 1. The Labute approximate surface area is 205 Å². The largest absolute Gasteiger partial charge is 0.352 e. The van der Waals surface area contributed by atoms with E-state index in [1.54, 1.807) is 24.3 Å². The molecule has 1 atom stereocenters. The summed E-state index contributed by atoms with van der Waals surface area (Å²) in [6.45, 7) is 6.19. The molecule has 0 aliphatic carbocycles. The Morgan fingerprint density at radius 3 is 2.17 bits per heavy atom. The predicted octanol–water partition coefficient (Wildman–Crippen LogP) is 2.58. The monoisotopic (exact) mass is 476 g/mol. The van der Waals surface area contributed by atoms with E-state index < -0.39 is 0 Å². The highest BCUT2D eigenvalue weighted by Gasteiger charge is 2.34. The molecule has 1 aromatic carbocycles. The van der Waals surface area contributed by atoms with E-state index in [9.17, 15) is 14.4 Å². The van der Waals surface area contributed by atoms with Gasteiger partial charge in [-0.3, -0.25) is 19.3 Å². The van der Waals surface area contributed by atoms with E-state index >= 15 is 0 Å². The summed E-state index contributed by atoms with van der Waals surface area (Å²) < 4.78 is 0. The Balaban J connectivity index is 1.08. The van der Waals surface area contributed by atoms with Crippen molar-refractivity contribution < 1.29 is 14.4 Å². The van der Waals surface area contributed by atoms with Gasteiger partial charge in [0.15, 0.2) is 11.6 Å². The second-order valence-corrected chi connectivity index (χ2v) is 9.57. The third-order valence-corrected chi connectivity index (χ3v) is 7.34. The minimum atomic E-state index is -0.270. The van der Waals surface area contributed by atoms with Crippen LogP contribution in [0.2, 0.25) is 0 Å². The van der Waals surface area contributed by atoms with Gasteiger partial charge >= 0.3 is 0 Å². The Kier molecular flexibility index (Phi) is 6.66. The van der Waals surface area contributed by atoms with Crippen molar-refractivity contribution in [1.82, 2.24) is 20.0 Å². The van der Waals surface area contributed by atoms with Crippen LogP contribution in [0.4, 0.5) is 11.6 Å². The lowest BCUT2D eigenvalue weighted by molar-refractivity contribution is -0.131. The van der Waals surface area contributed by atoms with Crippen LogP contribution in [0.25, 0.3) is 0 Å². The first-order valence-electron chi connectivity index (χ1n) is 12.6. The third-order valence-electron chi connectivity index (χ3n) is 7.34. The highest BCUT2D eigenvalue weighted by molar-refractivity contribution is 6.21. The standard InChI is InChI=1S/C26H32N6O3/c1-19-7-4-5-13-31(19)23-12-11-22(27-28-23)29-15-17-30(18-16-29)24(33)10-6-14-32-25(34)20-8-2-3-9-21(20)26(32)35/h2-3,8-9,11-12,19H,4-7,10,13-18H2,1H3. The normalized spacial score (nSPS) is 20.4. The van der Waals surface area contributed by atoms with Crippen LogP contribution >= 0.6 is 0 Å². The van der Waals surface area contributed by atoms with Gasteiger partial charge in [-0.15, -0.1) is 10.2 Å². The Morgan fingerprint density at radius 2 is 1.54 bits per heavy atom. The summed E-state index contributed by atoms with van der Waals surface area (Å²) in [6, 6.07) is 11.4. The number of imide groups is 1. The number of hydrogen-bond donors (Lipinski definition) is 0. The molecule has 9 heteroatoms. The van der Waals surface area contributed by atoms with Crippen molar-refractivity contribution in [3.63, 3.8) is 0 Å². The molecule has 2 aromatic rings. The van der Waals surface area contributed by atoms with Gasteiger partial charge in [0, 0.05) is 51.7 Å². The minimum Gasteiger partial charge on any atom is -0.352 e. The number of carbonyl (C=O) groups is 3. The average molecular weight is 477 g/mol. The van der Waals surface area contributed by atoms with Crippen molar-refractivity contribution in [3.8, 4) is 0 Å².